The highest BCUT2D eigenvalue weighted by molar-refractivity contribution is 9.10. The Bertz CT molecular complexity index is 915. The fraction of sp³-hybridized carbons (Fsp3) is 0.364. The number of pyridine rings is 2. The van der Waals surface area contributed by atoms with E-state index in [1.807, 2.05) is 12.3 Å². The van der Waals surface area contributed by atoms with Gasteiger partial charge in [-0.15, -0.1) is 0 Å². The van der Waals surface area contributed by atoms with Gasteiger partial charge in [0.25, 0.3) is 0 Å². The van der Waals surface area contributed by atoms with Crippen LogP contribution in [0.4, 0.5) is 5.69 Å². The fourth-order valence-corrected chi connectivity index (χ4v) is 3.98. The summed E-state index contributed by atoms with van der Waals surface area (Å²) < 4.78 is 1.08. The number of anilines is 1. The molecule has 26 heavy (non-hydrogen) atoms. The van der Waals surface area contributed by atoms with Gasteiger partial charge in [-0.2, -0.15) is 0 Å². The minimum atomic E-state index is 0.990. The number of fused-ring (bicyclic) bond motifs is 1. The maximum Gasteiger partial charge on any atom is 0.113 e. The number of aromatic nitrogens is 2. The molecule has 3 aromatic rings. The first-order chi connectivity index (χ1) is 12.6. The van der Waals surface area contributed by atoms with E-state index >= 15 is 0 Å². The van der Waals surface area contributed by atoms with E-state index in [4.69, 9.17) is 9.97 Å². The molecular weight excluding hydrogens is 386 g/mol. The van der Waals surface area contributed by atoms with Crippen LogP contribution >= 0.6 is 15.9 Å². The number of nitrogens with zero attached hydrogens (tertiary/aromatic N) is 3. The number of rotatable bonds is 6. The first-order valence-electron chi connectivity index (χ1n) is 9.33. The second kappa shape index (κ2) is 8.17. The molecule has 0 unspecified atom stereocenters. The topological polar surface area (TPSA) is 29.0 Å². The number of halogens is 1. The molecule has 0 spiro atoms. The van der Waals surface area contributed by atoms with Crippen molar-refractivity contribution in [2.24, 2.45) is 0 Å². The molecule has 0 fully saturated rings. The second-order valence-electron chi connectivity index (χ2n) is 6.76. The zero-order valence-corrected chi connectivity index (χ0v) is 17.6. The second-order valence-corrected chi connectivity index (χ2v) is 7.62. The molecular formula is C22H26BrN3. The molecule has 0 atom stereocenters. The number of hydrogen-bond acceptors (Lipinski definition) is 3. The Morgan fingerprint density at radius 2 is 1.69 bits per heavy atom. The van der Waals surface area contributed by atoms with Crippen LogP contribution in [-0.2, 0) is 0 Å². The Morgan fingerprint density at radius 1 is 1.00 bits per heavy atom. The summed E-state index contributed by atoms with van der Waals surface area (Å²) in [6.07, 6.45) is 4.21. The summed E-state index contributed by atoms with van der Waals surface area (Å²) in [6.45, 7) is 10.7. The standard InChI is InChI=1S/C22H26BrN3/c1-5-11-26(12-6-2)19-13-16(4)25-22-20(15(3)14-24-21(19)22)17-9-7-8-10-18(17)23/h7-10,13-14H,5-6,11-12H2,1-4H3. The molecule has 0 aliphatic carbocycles. The van der Waals surface area contributed by atoms with Crippen LogP contribution in [0.1, 0.15) is 37.9 Å². The molecule has 4 heteroatoms. The van der Waals surface area contributed by atoms with Gasteiger partial charge in [-0.25, -0.2) is 0 Å². The van der Waals surface area contributed by atoms with Gasteiger partial charge < -0.3 is 4.90 Å². The van der Waals surface area contributed by atoms with Crippen molar-refractivity contribution in [3.63, 3.8) is 0 Å². The highest BCUT2D eigenvalue weighted by Gasteiger charge is 2.18. The number of benzene rings is 1. The van der Waals surface area contributed by atoms with E-state index < -0.39 is 0 Å². The molecule has 0 radical (unpaired) electrons. The van der Waals surface area contributed by atoms with Gasteiger partial charge in [0.2, 0.25) is 0 Å². The van der Waals surface area contributed by atoms with Gasteiger partial charge in [0, 0.05) is 35.0 Å². The number of hydrogen-bond donors (Lipinski definition) is 0. The zero-order valence-electron chi connectivity index (χ0n) is 16.0. The van der Waals surface area contributed by atoms with Crippen LogP contribution in [-0.4, -0.2) is 23.1 Å². The predicted molar refractivity (Wildman–Crippen MR) is 115 cm³/mol. The lowest BCUT2D eigenvalue weighted by molar-refractivity contribution is 0.746. The van der Waals surface area contributed by atoms with E-state index in [1.54, 1.807) is 0 Å². The van der Waals surface area contributed by atoms with Crippen molar-refractivity contribution in [3.05, 3.63) is 52.3 Å². The quantitative estimate of drug-likeness (QED) is 0.476. The Kier molecular flexibility index (Phi) is 5.92. The van der Waals surface area contributed by atoms with Crippen molar-refractivity contribution in [3.8, 4) is 11.1 Å². The summed E-state index contributed by atoms with van der Waals surface area (Å²) in [6, 6.07) is 10.5. The van der Waals surface area contributed by atoms with Gasteiger partial charge in [0.1, 0.15) is 5.52 Å². The highest BCUT2D eigenvalue weighted by atomic mass is 79.9. The Balaban J connectivity index is 2.32. The molecule has 0 saturated carbocycles. The molecule has 0 saturated heterocycles. The fourth-order valence-electron chi connectivity index (χ4n) is 3.50. The van der Waals surface area contributed by atoms with Gasteiger partial charge in [0.05, 0.1) is 11.2 Å². The lowest BCUT2D eigenvalue weighted by atomic mass is 9.99. The summed E-state index contributed by atoms with van der Waals surface area (Å²) in [4.78, 5) is 12.2. The lowest BCUT2D eigenvalue weighted by Crippen LogP contribution is -2.25. The van der Waals surface area contributed by atoms with Gasteiger partial charge in [-0.05, 0) is 49.9 Å². The van der Waals surface area contributed by atoms with Crippen LogP contribution < -0.4 is 4.90 Å². The average molecular weight is 412 g/mol. The van der Waals surface area contributed by atoms with Gasteiger partial charge in [-0.3, -0.25) is 9.97 Å². The SMILES string of the molecule is CCCN(CCC)c1cc(C)nc2c(-c3ccccc3Br)c(C)cnc12. The largest absolute Gasteiger partial charge is 0.370 e. The van der Waals surface area contributed by atoms with Crippen LogP contribution in [0, 0.1) is 13.8 Å². The van der Waals surface area contributed by atoms with Crippen molar-refractivity contribution in [2.75, 3.05) is 18.0 Å². The van der Waals surface area contributed by atoms with Crippen molar-refractivity contribution >= 4 is 32.7 Å². The summed E-state index contributed by atoms with van der Waals surface area (Å²) in [5.41, 5.74) is 7.69. The van der Waals surface area contributed by atoms with Crippen LogP contribution in [0.25, 0.3) is 22.2 Å². The molecule has 3 rings (SSSR count). The van der Waals surface area contributed by atoms with Crippen molar-refractivity contribution in [1.82, 2.24) is 9.97 Å². The van der Waals surface area contributed by atoms with Crippen LogP contribution in [0.15, 0.2) is 41.0 Å². The van der Waals surface area contributed by atoms with Crippen LogP contribution in [0.3, 0.4) is 0 Å². The molecule has 0 bridgehead atoms. The first kappa shape index (κ1) is 18.8. The Hall–Kier alpha value is -1.94. The van der Waals surface area contributed by atoms with Gasteiger partial charge in [-0.1, -0.05) is 48.0 Å². The third-order valence-corrected chi connectivity index (χ3v) is 5.28. The first-order valence-corrected chi connectivity index (χ1v) is 10.1. The molecule has 2 aromatic heterocycles. The lowest BCUT2D eigenvalue weighted by Gasteiger charge is -2.25. The predicted octanol–water partition coefficient (Wildman–Crippen LogP) is 6.30. The van der Waals surface area contributed by atoms with E-state index in [9.17, 15) is 0 Å². The summed E-state index contributed by atoms with van der Waals surface area (Å²) >= 11 is 3.71. The van der Waals surface area contributed by atoms with Crippen LogP contribution in [0.2, 0.25) is 0 Å². The van der Waals surface area contributed by atoms with Crippen molar-refractivity contribution in [1.29, 1.82) is 0 Å². The van der Waals surface area contributed by atoms with E-state index in [2.05, 4.69) is 72.8 Å². The summed E-state index contributed by atoms with van der Waals surface area (Å²) in [5.74, 6) is 0. The van der Waals surface area contributed by atoms with E-state index in [1.165, 1.54) is 16.8 Å². The normalized spacial score (nSPS) is 11.1. The molecule has 0 amide bonds. The average Bonchev–Trinajstić information content (AvgIpc) is 2.62. The van der Waals surface area contributed by atoms with E-state index in [0.717, 1.165) is 52.7 Å². The molecule has 0 aliphatic heterocycles. The maximum atomic E-state index is 4.91. The molecule has 136 valence electrons. The van der Waals surface area contributed by atoms with E-state index in [0.29, 0.717) is 0 Å². The third kappa shape index (κ3) is 3.61. The van der Waals surface area contributed by atoms with E-state index in [-0.39, 0.29) is 0 Å². The monoisotopic (exact) mass is 411 g/mol. The zero-order chi connectivity index (χ0) is 18.7. The smallest absolute Gasteiger partial charge is 0.113 e. The molecule has 3 nitrogen and oxygen atoms in total. The molecule has 0 aliphatic rings. The minimum Gasteiger partial charge on any atom is -0.370 e. The highest BCUT2D eigenvalue weighted by Crippen LogP contribution is 2.37. The Morgan fingerprint density at radius 3 is 2.35 bits per heavy atom. The number of aryl methyl sites for hydroxylation is 2. The van der Waals surface area contributed by atoms with Gasteiger partial charge >= 0.3 is 0 Å². The molecule has 0 N–H and O–H groups in total. The maximum absolute atomic E-state index is 4.91. The molecule has 2 heterocycles. The summed E-state index contributed by atoms with van der Waals surface area (Å²) in [5, 5.41) is 0. The summed E-state index contributed by atoms with van der Waals surface area (Å²) in [7, 11) is 0. The third-order valence-electron chi connectivity index (χ3n) is 4.59. The minimum absolute atomic E-state index is 0.990. The molecule has 1 aromatic carbocycles. The van der Waals surface area contributed by atoms with Crippen molar-refractivity contribution < 1.29 is 0 Å². The Labute approximate surface area is 164 Å². The van der Waals surface area contributed by atoms with Crippen LogP contribution in [0.5, 0.6) is 0 Å². The van der Waals surface area contributed by atoms with Gasteiger partial charge in [0.15, 0.2) is 0 Å². The van der Waals surface area contributed by atoms with Crippen molar-refractivity contribution in [2.45, 2.75) is 40.5 Å².